The summed E-state index contributed by atoms with van der Waals surface area (Å²) in [5, 5.41) is 0. The summed E-state index contributed by atoms with van der Waals surface area (Å²) in [7, 11) is -2.42. The molecule has 2 nitrogen and oxygen atoms in total. The predicted octanol–water partition coefficient (Wildman–Crippen LogP) is 0.959. The van der Waals surface area contributed by atoms with Gasteiger partial charge in [-0.15, -0.1) is 0 Å². The standard InChI is InChI=1S/C8H26OSi4.CH8OSi2/c1-11(2,3)10-9-13(7,8)12(4,5)6;1-4-2-3/h10H2,1-8H3;4H2,1,3H3. The molecule has 0 aliphatic rings. The Bertz CT molecular complexity index is 195. The second-order valence-corrected chi connectivity index (χ2v) is 39.5. The van der Waals surface area contributed by atoms with Gasteiger partial charge in [0.2, 0.25) is 0 Å². The molecule has 106 valence electrons. The van der Waals surface area contributed by atoms with Crippen LogP contribution in [0.4, 0.5) is 0 Å². The van der Waals surface area contributed by atoms with Crippen molar-refractivity contribution in [2.75, 3.05) is 0 Å². The molecule has 0 fully saturated rings. The van der Waals surface area contributed by atoms with Gasteiger partial charge in [0, 0.05) is 0 Å². The summed E-state index contributed by atoms with van der Waals surface area (Å²) >= 11 is 0. The van der Waals surface area contributed by atoms with Gasteiger partial charge in [0.05, 0.1) is 15.2 Å². The highest BCUT2D eigenvalue weighted by atomic mass is 29.3. The Labute approximate surface area is 119 Å². The van der Waals surface area contributed by atoms with Crippen LogP contribution in [0.5, 0.6) is 0 Å². The van der Waals surface area contributed by atoms with Crippen LogP contribution in [0.1, 0.15) is 0 Å². The van der Waals surface area contributed by atoms with Gasteiger partial charge in [-0.3, -0.25) is 0 Å². The van der Waals surface area contributed by atoms with Crippen molar-refractivity contribution in [1.82, 2.24) is 0 Å². The highest BCUT2D eigenvalue weighted by Gasteiger charge is 2.39. The van der Waals surface area contributed by atoms with Crippen LogP contribution in [0.15, 0.2) is 0 Å². The molecule has 0 aromatic carbocycles. The lowest BCUT2D eigenvalue weighted by molar-refractivity contribution is 0.623. The average Bonchev–Trinajstić information content (AvgIpc) is 2.13. The molecule has 0 aromatic rings. The van der Waals surface area contributed by atoms with E-state index in [0.29, 0.717) is 0 Å². The molecule has 0 heterocycles. The molecule has 0 unspecified atom stereocenters. The molecule has 0 saturated carbocycles. The van der Waals surface area contributed by atoms with Gasteiger partial charge in [-0.05, 0) is 13.1 Å². The van der Waals surface area contributed by atoms with E-state index in [0.717, 1.165) is 10.5 Å². The van der Waals surface area contributed by atoms with Crippen LogP contribution in [0, 0.1) is 0 Å². The first-order valence-corrected chi connectivity index (χ1v) is 23.1. The van der Waals surface area contributed by atoms with Gasteiger partial charge < -0.3 is 8.23 Å². The SMILES string of the molecule is C[SiH2]O[SiH3].C[Si](C)(C)[SiH2]O[Si](C)(C)[Si](C)(C)C. The van der Waals surface area contributed by atoms with Crippen molar-refractivity contribution < 1.29 is 8.23 Å². The molecule has 0 amide bonds. The van der Waals surface area contributed by atoms with Crippen molar-refractivity contribution in [2.24, 2.45) is 0 Å². The molecule has 8 heteroatoms. The van der Waals surface area contributed by atoms with E-state index in [1.165, 1.54) is 0 Å². The minimum absolute atomic E-state index is 0.0139. The summed E-state index contributed by atoms with van der Waals surface area (Å²) in [6.07, 6.45) is 0. The number of hydrogen-bond donors (Lipinski definition) is 0. The van der Waals surface area contributed by atoms with Gasteiger partial charge in [0.25, 0.3) is 0 Å². The Morgan fingerprint density at radius 1 is 0.882 bits per heavy atom. The van der Waals surface area contributed by atoms with Crippen molar-refractivity contribution in [2.45, 2.75) is 58.9 Å². The van der Waals surface area contributed by atoms with Gasteiger partial charge in [-0.25, -0.2) is 0 Å². The van der Waals surface area contributed by atoms with Crippen molar-refractivity contribution in [3.05, 3.63) is 0 Å². The Kier molecular flexibility index (Phi) is 10.2. The third-order valence-electron chi connectivity index (χ3n) is 2.96. The summed E-state index contributed by atoms with van der Waals surface area (Å²) in [5.41, 5.74) is 0. The molecule has 0 aliphatic heterocycles. The monoisotopic (exact) mass is 342 g/mol. The summed E-state index contributed by atoms with van der Waals surface area (Å²) < 4.78 is 11.2. The van der Waals surface area contributed by atoms with Crippen LogP contribution in [0.2, 0.25) is 58.9 Å². The largest absolute Gasteiger partial charge is 0.468 e. The van der Waals surface area contributed by atoms with Crippen LogP contribution < -0.4 is 0 Å². The second-order valence-electron chi connectivity index (χ2n) is 7.19. The minimum atomic E-state index is -1.28. The molecular formula is C9H34O2Si6. The predicted molar refractivity (Wildman–Crippen MR) is 99.2 cm³/mol. The first-order chi connectivity index (χ1) is 7.37. The fourth-order valence-corrected chi connectivity index (χ4v) is 18.5. The zero-order chi connectivity index (χ0) is 14.3. The fraction of sp³-hybridized carbons (Fsp3) is 1.00. The summed E-state index contributed by atoms with van der Waals surface area (Å²) in [5.74, 6) is 0. The van der Waals surface area contributed by atoms with E-state index in [1.807, 2.05) is 0 Å². The quantitative estimate of drug-likeness (QED) is 0.693. The first-order valence-electron chi connectivity index (χ1n) is 6.50. The maximum atomic E-state index is 6.36. The number of hydrogen-bond acceptors (Lipinski definition) is 2. The minimum Gasteiger partial charge on any atom is -0.468 e. The highest BCUT2D eigenvalue weighted by Crippen LogP contribution is 2.20. The van der Waals surface area contributed by atoms with Crippen LogP contribution in [0.25, 0.3) is 0 Å². The van der Waals surface area contributed by atoms with Gasteiger partial charge in [-0.2, -0.15) is 0 Å². The van der Waals surface area contributed by atoms with E-state index in [1.54, 1.807) is 0 Å². The van der Waals surface area contributed by atoms with Gasteiger partial charge in [-0.1, -0.05) is 45.8 Å². The zero-order valence-electron chi connectivity index (χ0n) is 13.7. The van der Waals surface area contributed by atoms with E-state index in [9.17, 15) is 0 Å². The van der Waals surface area contributed by atoms with Crippen molar-refractivity contribution in [1.29, 1.82) is 0 Å². The van der Waals surface area contributed by atoms with Crippen LogP contribution >= 0.6 is 0 Å². The summed E-state index contributed by atoms with van der Waals surface area (Å²) in [4.78, 5) is 0. The third-order valence-corrected chi connectivity index (χ3v) is 29.2. The molecule has 17 heavy (non-hydrogen) atoms. The lowest BCUT2D eigenvalue weighted by Crippen LogP contribution is -2.57. The van der Waals surface area contributed by atoms with E-state index in [4.69, 9.17) is 8.23 Å². The lowest BCUT2D eigenvalue weighted by Gasteiger charge is -2.37. The van der Waals surface area contributed by atoms with Gasteiger partial charge in [0.15, 0.2) is 7.83 Å². The molecule has 0 radical (unpaired) electrons. The van der Waals surface area contributed by atoms with E-state index in [2.05, 4.69) is 58.9 Å². The molecule has 0 saturated heterocycles. The Balaban J connectivity index is 0. The second kappa shape index (κ2) is 8.40. The third kappa shape index (κ3) is 12.0. The summed E-state index contributed by atoms with van der Waals surface area (Å²) in [6.45, 7) is 21.7. The van der Waals surface area contributed by atoms with E-state index >= 15 is 0 Å². The zero-order valence-corrected chi connectivity index (χ0v) is 21.6. The average molecular weight is 343 g/mol. The normalized spacial score (nSPS) is 14.6. The Morgan fingerprint density at radius 2 is 1.24 bits per heavy atom. The fourth-order valence-electron chi connectivity index (χ4n) is 0.613. The maximum absolute atomic E-state index is 6.36. The molecule has 0 aromatic heterocycles. The van der Waals surface area contributed by atoms with Crippen molar-refractivity contribution in [3.63, 3.8) is 0 Å². The first kappa shape index (κ1) is 20.5. The molecule has 0 N–H and O–H groups in total. The molecule has 0 rings (SSSR count). The molecule has 0 atom stereocenters. The molecule has 0 aliphatic carbocycles. The van der Waals surface area contributed by atoms with Gasteiger partial charge in [0.1, 0.15) is 29.5 Å². The molecular weight excluding hydrogens is 309 g/mol. The number of rotatable bonds is 5. The highest BCUT2D eigenvalue weighted by molar-refractivity contribution is 7.40. The van der Waals surface area contributed by atoms with Gasteiger partial charge >= 0.3 is 0 Å². The van der Waals surface area contributed by atoms with E-state index in [-0.39, 0.29) is 19.0 Å². The van der Waals surface area contributed by atoms with Crippen molar-refractivity contribution >= 4 is 52.5 Å². The van der Waals surface area contributed by atoms with Crippen LogP contribution in [-0.4, -0.2) is 52.5 Å². The topological polar surface area (TPSA) is 18.5 Å². The Hall–Kier alpha value is 1.22. The Morgan fingerprint density at radius 3 is 1.41 bits per heavy atom. The van der Waals surface area contributed by atoms with Crippen LogP contribution in [-0.2, 0) is 8.23 Å². The van der Waals surface area contributed by atoms with Crippen LogP contribution in [0.3, 0.4) is 0 Å². The maximum Gasteiger partial charge on any atom is 0.159 e. The lowest BCUT2D eigenvalue weighted by atomic mass is 11.8. The van der Waals surface area contributed by atoms with E-state index < -0.39 is 23.0 Å². The summed E-state index contributed by atoms with van der Waals surface area (Å²) in [6, 6.07) is 0. The smallest absolute Gasteiger partial charge is 0.159 e. The molecule has 0 spiro atoms. The molecule has 0 bridgehead atoms. The van der Waals surface area contributed by atoms with Crippen molar-refractivity contribution in [3.8, 4) is 0 Å².